The fourth-order valence-corrected chi connectivity index (χ4v) is 2.42. The first-order chi connectivity index (χ1) is 10.1. The van der Waals surface area contributed by atoms with Crippen LogP contribution in [0.1, 0.15) is 0 Å². The summed E-state index contributed by atoms with van der Waals surface area (Å²) in [7, 11) is 0. The first kappa shape index (κ1) is 15.7. The summed E-state index contributed by atoms with van der Waals surface area (Å²) in [5.74, 6) is -0.440. The second kappa shape index (κ2) is 7.34. The maximum Gasteiger partial charge on any atom is 0.251 e. The molecule has 1 heterocycles. The van der Waals surface area contributed by atoms with E-state index in [4.69, 9.17) is 5.11 Å². The maximum absolute atomic E-state index is 12.4. The van der Waals surface area contributed by atoms with Crippen molar-refractivity contribution in [2.45, 2.75) is 6.43 Å². The number of aliphatic hydroxyl groups excluding tert-OH is 1. The SMILES string of the molecule is O=C(CN(CCO)CC(F)F)Nc1cccc2c1N=S=N2. The van der Waals surface area contributed by atoms with Crippen LogP contribution in [0, 0.1) is 0 Å². The van der Waals surface area contributed by atoms with Crippen LogP contribution in [0.5, 0.6) is 0 Å². The van der Waals surface area contributed by atoms with Crippen LogP contribution in [-0.2, 0) is 16.1 Å². The Kier molecular flexibility index (Phi) is 5.48. The summed E-state index contributed by atoms with van der Waals surface area (Å²) in [6.45, 7) is -1.05. The van der Waals surface area contributed by atoms with E-state index in [0.717, 1.165) is 11.4 Å². The number of carbonyl (C=O) groups excluding carboxylic acids is 1. The molecule has 1 aromatic rings. The predicted molar refractivity (Wildman–Crippen MR) is 76.1 cm³/mol. The molecule has 0 saturated heterocycles. The summed E-state index contributed by atoms with van der Waals surface area (Å²) in [6.07, 6.45) is -2.56. The van der Waals surface area contributed by atoms with E-state index in [-0.39, 0.29) is 19.7 Å². The molecule has 0 aliphatic carbocycles. The van der Waals surface area contributed by atoms with E-state index < -0.39 is 18.9 Å². The molecular weight excluding hydrogens is 302 g/mol. The summed E-state index contributed by atoms with van der Waals surface area (Å²) in [6, 6.07) is 5.17. The zero-order chi connectivity index (χ0) is 15.2. The topological polar surface area (TPSA) is 77.3 Å². The van der Waals surface area contributed by atoms with Crippen molar-refractivity contribution in [2.24, 2.45) is 8.73 Å². The normalized spacial score (nSPS) is 12.6. The zero-order valence-corrected chi connectivity index (χ0v) is 11.8. The van der Waals surface area contributed by atoms with Crippen LogP contribution in [0.25, 0.3) is 0 Å². The molecule has 0 bridgehead atoms. The average molecular weight is 316 g/mol. The van der Waals surface area contributed by atoms with E-state index in [0.29, 0.717) is 17.1 Å². The smallest absolute Gasteiger partial charge is 0.251 e. The van der Waals surface area contributed by atoms with Crippen LogP contribution in [0.4, 0.5) is 25.8 Å². The highest BCUT2D eigenvalue weighted by atomic mass is 32.1. The molecule has 114 valence electrons. The Hall–Kier alpha value is -1.71. The second-order valence-electron chi connectivity index (χ2n) is 4.34. The van der Waals surface area contributed by atoms with E-state index in [1.54, 1.807) is 18.2 Å². The lowest BCUT2D eigenvalue weighted by molar-refractivity contribution is -0.117. The minimum absolute atomic E-state index is 0.0141. The van der Waals surface area contributed by atoms with Gasteiger partial charge in [0.2, 0.25) is 5.91 Å². The van der Waals surface area contributed by atoms with Crippen molar-refractivity contribution in [3.05, 3.63) is 18.2 Å². The van der Waals surface area contributed by atoms with Gasteiger partial charge in [0.15, 0.2) is 0 Å². The first-order valence-corrected chi connectivity index (χ1v) is 6.95. The van der Waals surface area contributed by atoms with Gasteiger partial charge in [0, 0.05) is 6.54 Å². The van der Waals surface area contributed by atoms with Crippen molar-refractivity contribution >= 4 is 34.3 Å². The minimum Gasteiger partial charge on any atom is -0.395 e. The molecule has 0 aromatic heterocycles. The number of aliphatic hydroxyl groups is 1. The predicted octanol–water partition coefficient (Wildman–Crippen LogP) is 1.91. The third kappa shape index (κ3) is 4.38. The maximum atomic E-state index is 12.4. The van der Waals surface area contributed by atoms with Gasteiger partial charge in [0.25, 0.3) is 6.43 Å². The number of hydrogen-bond acceptors (Lipinski definition) is 5. The summed E-state index contributed by atoms with van der Waals surface area (Å²) in [5, 5.41) is 11.5. The highest BCUT2D eigenvalue weighted by molar-refractivity contribution is 7.58. The van der Waals surface area contributed by atoms with Gasteiger partial charge in [-0.3, -0.25) is 9.69 Å². The Morgan fingerprint density at radius 3 is 2.95 bits per heavy atom. The van der Waals surface area contributed by atoms with Gasteiger partial charge in [-0.1, -0.05) is 6.07 Å². The highest BCUT2D eigenvalue weighted by Gasteiger charge is 2.17. The van der Waals surface area contributed by atoms with Gasteiger partial charge in [-0.25, -0.2) is 8.78 Å². The summed E-state index contributed by atoms with van der Waals surface area (Å²) in [4.78, 5) is 13.1. The molecule has 0 saturated carbocycles. The van der Waals surface area contributed by atoms with Crippen molar-refractivity contribution in [2.75, 3.05) is 31.6 Å². The Morgan fingerprint density at radius 2 is 2.24 bits per heavy atom. The fraction of sp³-hybridized carbons (Fsp3) is 0.417. The van der Waals surface area contributed by atoms with Gasteiger partial charge in [-0.05, 0) is 12.1 Å². The number of rotatable bonds is 7. The third-order valence-corrected chi connectivity index (χ3v) is 3.28. The number of nitrogens with one attached hydrogen (secondary N) is 1. The number of amides is 1. The van der Waals surface area contributed by atoms with E-state index in [1.807, 2.05) is 0 Å². The number of carbonyl (C=O) groups is 1. The summed E-state index contributed by atoms with van der Waals surface area (Å²) < 4.78 is 32.9. The number of halogens is 2. The number of anilines is 1. The van der Waals surface area contributed by atoms with Gasteiger partial charge in [-0.2, -0.15) is 8.73 Å². The molecule has 0 radical (unpaired) electrons. The minimum atomic E-state index is -2.56. The molecule has 0 unspecified atom stereocenters. The molecule has 0 atom stereocenters. The molecule has 0 fully saturated rings. The molecule has 1 aliphatic heterocycles. The lowest BCUT2D eigenvalue weighted by Gasteiger charge is -2.20. The van der Waals surface area contributed by atoms with Gasteiger partial charge in [0.05, 0.1) is 36.7 Å². The van der Waals surface area contributed by atoms with E-state index in [2.05, 4.69) is 14.0 Å². The van der Waals surface area contributed by atoms with Crippen molar-refractivity contribution in [3.8, 4) is 0 Å². The van der Waals surface area contributed by atoms with E-state index in [1.165, 1.54) is 4.90 Å². The molecule has 9 heteroatoms. The quantitative estimate of drug-likeness (QED) is 0.819. The first-order valence-electron chi connectivity index (χ1n) is 6.22. The van der Waals surface area contributed by atoms with Gasteiger partial charge < -0.3 is 10.4 Å². The van der Waals surface area contributed by atoms with E-state index >= 15 is 0 Å². The van der Waals surface area contributed by atoms with Crippen LogP contribution in [-0.4, -0.2) is 48.6 Å². The zero-order valence-electron chi connectivity index (χ0n) is 11.0. The largest absolute Gasteiger partial charge is 0.395 e. The van der Waals surface area contributed by atoms with Crippen molar-refractivity contribution < 1.29 is 18.7 Å². The number of fused-ring (bicyclic) bond motifs is 1. The molecule has 2 N–H and O–H groups in total. The summed E-state index contributed by atoms with van der Waals surface area (Å²) >= 11 is 1.03. The molecule has 1 aliphatic rings. The van der Waals surface area contributed by atoms with Crippen molar-refractivity contribution in [3.63, 3.8) is 0 Å². The fourth-order valence-electron chi connectivity index (χ4n) is 1.87. The van der Waals surface area contributed by atoms with Crippen molar-refractivity contribution in [1.82, 2.24) is 4.90 Å². The second-order valence-corrected chi connectivity index (χ2v) is 4.86. The number of alkyl halides is 2. The Labute approximate surface area is 123 Å². The highest BCUT2D eigenvalue weighted by Crippen LogP contribution is 2.38. The van der Waals surface area contributed by atoms with Crippen LogP contribution >= 0.6 is 0 Å². The van der Waals surface area contributed by atoms with Crippen LogP contribution in [0.3, 0.4) is 0 Å². The van der Waals surface area contributed by atoms with Crippen LogP contribution in [0.15, 0.2) is 26.9 Å². The number of nitrogens with zero attached hydrogens (tertiary/aromatic N) is 3. The molecular formula is C12H14F2N4O2S. The number of hydrogen-bond donors (Lipinski definition) is 2. The summed E-state index contributed by atoms with van der Waals surface area (Å²) in [5.41, 5.74) is 1.73. The van der Waals surface area contributed by atoms with Gasteiger partial charge in [0.1, 0.15) is 11.4 Å². The average Bonchev–Trinajstić information content (AvgIpc) is 2.87. The monoisotopic (exact) mass is 316 g/mol. The molecule has 21 heavy (non-hydrogen) atoms. The molecule has 1 aromatic carbocycles. The Bertz CT molecular complexity index is 591. The molecule has 6 nitrogen and oxygen atoms in total. The van der Waals surface area contributed by atoms with Gasteiger partial charge in [-0.15, -0.1) is 0 Å². The number of benzene rings is 1. The third-order valence-electron chi connectivity index (χ3n) is 2.74. The Balaban J connectivity index is 1.98. The Morgan fingerprint density at radius 1 is 1.43 bits per heavy atom. The molecule has 0 spiro atoms. The van der Waals surface area contributed by atoms with Gasteiger partial charge >= 0.3 is 0 Å². The lowest BCUT2D eigenvalue weighted by atomic mass is 10.2. The standard InChI is InChI=1S/C12H14F2N4O2S/c13-10(14)6-18(4-5-19)7-11(20)15-8-2-1-3-9-12(8)17-21-16-9/h1-3,10,19H,4-7H2,(H,15,20). The van der Waals surface area contributed by atoms with Crippen molar-refractivity contribution in [1.29, 1.82) is 0 Å². The molecule has 1 amide bonds. The lowest BCUT2D eigenvalue weighted by Crippen LogP contribution is -2.38. The molecule has 2 rings (SSSR count). The van der Waals surface area contributed by atoms with E-state index in [9.17, 15) is 13.6 Å². The van der Waals surface area contributed by atoms with Crippen LogP contribution in [0.2, 0.25) is 0 Å². The van der Waals surface area contributed by atoms with Crippen LogP contribution < -0.4 is 5.32 Å².